The Labute approximate surface area is 201 Å². The van der Waals surface area contributed by atoms with E-state index in [1.165, 1.54) is 12.1 Å². The fraction of sp³-hybridized carbons (Fsp3) is 0.0333. The van der Waals surface area contributed by atoms with Gasteiger partial charge in [0.1, 0.15) is 28.2 Å². The third kappa shape index (κ3) is 4.26. The molecule has 35 heavy (non-hydrogen) atoms. The second-order valence-corrected chi connectivity index (χ2v) is 8.08. The summed E-state index contributed by atoms with van der Waals surface area (Å²) in [5.74, 6) is 5.83. The molecule has 0 aliphatic carbocycles. The molecule has 0 radical (unpaired) electrons. The van der Waals surface area contributed by atoms with E-state index in [4.69, 9.17) is 4.42 Å². The van der Waals surface area contributed by atoms with Crippen LogP contribution in [0.1, 0.15) is 16.7 Å². The topological polar surface area (TPSA) is 90.9 Å². The molecule has 0 saturated heterocycles. The summed E-state index contributed by atoms with van der Waals surface area (Å²) >= 11 is 0. The van der Waals surface area contributed by atoms with Gasteiger partial charge in [0, 0.05) is 40.5 Å². The number of hydrogen-bond donors (Lipinski definition) is 3. The zero-order valence-corrected chi connectivity index (χ0v) is 18.5. The highest BCUT2D eigenvalue weighted by molar-refractivity contribution is 5.86. The number of aliphatic hydroxyl groups is 1. The van der Waals surface area contributed by atoms with Crippen LogP contribution in [0, 0.1) is 11.8 Å². The molecule has 0 aliphatic heterocycles. The molecule has 0 spiro atoms. The molecule has 0 aliphatic rings. The first-order valence-corrected chi connectivity index (χ1v) is 10.9. The number of phenolic OH excluding ortho intramolecular Hbond substituents is 2. The Morgan fingerprint density at radius 3 is 1.94 bits per heavy atom. The first kappa shape index (κ1) is 22.0. The minimum atomic E-state index is -1.49. The molecule has 170 valence electrons. The van der Waals surface area contributed by atoms with Gasteiger partial charge < -0.3 is 19.7 Å². The summed E-state index contributed by atoms with van der Waals surface area (Å²) < 4.78 is 5.76. The average molecular weight is 460 g/mol. The molecular formula is C30H20O5. The Bertz CT molecular complexity index is 1580. The smallest absolute Gasteiger partial charge is 0.197 e. The number of phenols is 2. The lowest BCUT2D eigenvalue weighted by molar-refractivity contribution is 0.145. The van der Waals surface area contributed by atoms with Crippen LogP contribution < -0.4 is 5.43 Å². The lowest BCUT2D eigenvalue weighted by atomic mass is 9.86. The molecule has 5 nitrogen and oxygen atoms in total. The van der Waals surface area contributed by atoms with Crippen molar-refractivity contribution in [3.63, 3.8) is 0 Å². The zero-order valence-electron chi connectivity index (χ0n) is 18.5. The van der Waals surface area contributed by atoms with Crippen LogP contribution in [0.5, 0.6) is 11.5 Å². The van der Waals surface area contributed by atoms with E-state index in [9.17, 15) is 20.1 Å². The summed E-state index contributed by atoms with van der Waals surface area (Å²) in [4.78, 5) is 12.5. The molecule has 1 heterocycles. The Kier molecular flexibility index (Phi) is 5.58. The molecule has 5 heteroatoms. The Morgan fingerprint density at radius 2 is 1.34 bits per heavy atom. The van der Waals surface area contributed by atoms with Crippen molar-refractivity contribution in [2.75, 3.05) is 0 Å². The quantitative estimate of drug-likeness (QED) is 0.324. The van der Waals surface area contributed by atoms with Crippen LogP contribution in [0.2, 0.25) is 0 Å². The van der Waals surface area contributed by atoms with Crippen molar-refractivity contribution in [2.24, 2.45) is 0 Å². The van der Waals surface area contributed by atoms with Gasteiger partial charge in [0.05, 0.1) is 0 Å². The van der Waals surface area contributed by atoms with Crippen molar-refractivity contribution in [2.45, 2.75) is 5.60 Å². The monoisotopic (exact) mass is 460 g/mol. The highest BCUT2D eigenvalue weighted by Gasteiger charge is 2.29. The standard InChI is InChI=1S/C30H20O5/c31-24-17-25(32)29-26(33)19-27(35-28(29)18-24)21-13-11-20(12-14-21)15-16-30(34,22-7-3-1-4-8-22)23-9-5-2-6-10-23/h1-14,17-19,31-32,34H. The van der Waals surface area contributed by atoms with E-state index < -0.39 is 11.0 Å². The van der Waals surface area contributed by atoms with Crippen molar-refractivity contribution in [1.29, 1.82) is 0 Å². The Balaban J connectivity index is 1.52. The van der Waals surface area contributed by atoms with Gasteiger partial charge in [0.15, 0.2) is 11.0 Å². The van der Waals surface area contributed by atoms with Crippen molar-refractivity contribution in [3.05, 3.63) is 130 Å². The molecule has 0 fully saturated rings. The molecule has 0 unspecified atom stereocenters. The number of rotatable bonds is 3. The second-order valence-electron chi connectivity index (χ2n) is 8.08. The molecule has 1 aromatic heterocycles. The van der Waals surface area contributed by atoms with Crippen LogP contribution in [-0.4, -0.2) is 15.3 Å². The number of benzene rings is 4. The number of aromatic hydroxyl groups is 2. The lowest BCUT2D eigenvalue weighted by Gasteiger charge is -2.23. The van der Waals surface area contributed by atoms with Gasteiger partial charge in [-0.2, -0.15) is 0 Å². The maximum atomic E-state index is 12.5. The van der Waals surface area contributed by atoms with Gasteiger partial charge in [-0.3, -0.25) is 4.79 Å². The fourth-order valence-electron chi connectivity index (χ4n) is 3.95. The van der Waals surface area contributed by atoms with Gasteiger partial charge in [0.2, 0.25) is 0 Å². The van der Waals surface area contributed by atoms with Gasteiger partial charge in [-0.15, -0.1) is 0 Å². The van der Waals surface area contributed by atoms with E-state index in [1.54, 1.807) is 24.3 Å². The average Bonchev–Trinajstić information content (AvgIpc) is 2.88. The minimum Gasteiger partial charge on any atom is -0.508 e. The molecule has 5 aromatic rings. The number of hydrogen-bond acceptors (Lipinski definition) is 5. The maximum absolute atomic E-state index is 12.5. The van der Waals surface area contributed by atoms with Crippen molar-refractivity contribution in [3.8, 4) is 34.7 Å². The summed E-state index contributed by atoms with van der Waals surface area (Å²) in [7, 11) is 0. The third-order valence-electron chi connectivity index (χ3n) is 5.73. The molecular weight excluding hydrogens is 440 g/mol. The van der Waals surface area contributed by atoms with E-state index in [-0.39, 0.29) is 28.2 Å². The highest BCUT2D eigenvalue weighted by atomic mass is 16.3. The van der Waals surface area contributed by atoms with Crippen LogP contribution in [0.4, 0.5) is 0 Å². The molecule has 5 rings (SSSR count). The largest absolute Gasteiger partial charge is 0.508 e. The van der Waals surface area contributed by atoms with E-state index >= 15 is 0 Å². The molecule has 4 aromatic carbocycles. The summed E-state index contributed by atoms with van der Waals surface area (Å²) in [5.41, 5.74) is 0.801. The Hall–Kier alpha value is -4.79. The molecule has 0 saturated carbocycles. The molecule has 0 bridgehead atoms. The van der Waals surface area contributed by atoms with Gasteiger partial charge in [-0.1, -0.05) is 72.5 Å². The van der Waals surface area contributed by atoms with Gasteiger partial charge in [-0.05, 0) is 24.3 Å². The van der Waals surface area contributed by atoms with Gasteiger partial charge >= 0.3 is 0 Å². The van der Waals surface area contributed by atoms with Crippen molar-refractivity contribution in [1.82, 2.24) is 0 Å². The summed E-state index contributed by atoms with van der Waals surface area (Å²) in [6.07, 6.45) is 0. The summed E-state index contributed by atoms with van der Waals surface area (Å²) in [6.45, 7) is 0. The van der Waals surface area contributed by atoms with Gasteiger partial charge in [-0.25, -0.2) is 0 Å². The predicted octanol–water partition coefficient (Wildman–Crippen LogP) is 5.16. The van der Waals surface area contributed by atoms with Crippen LogP contribution >= 0.6 is 0 Å². The van der Waals surface area contributed by atoms with E-state index in [0.29, 0.717) is 22.3 Å². The SMILES string of the molecule is O=c1cc(-c2ccc(C#CC(O)(c3ccccc3)c3ccccc3)cc2)oc2cc(O)cc(O)c12. The second kappa shape index (κ2) is 8.86. The maximum Gasteiger partial charge on any atom is 0.197 e. The van der Waals surface area contributed by atoms with Crippen LogP contribution in [0.3, 0.4) is 0 Å². The van der Waals surface area contributed by atoms with E-state index in [2.05, 4.69) is 11.8 Å². The van der Waals surface area contributed by atoms with Crippen molar-refractivity contribution >= 4 is 11.0 Å². The first-order valence-electron chi connectivity index (χ1n) is 10.9. The fourth-order valence-corrected chi connectivity index (χ4v) is 3.95. The van der Waals surface area contributed by atoms with Gasteiger partial charge in [0.25, 0.3) is 0 Å². The summed E-state index contributed by atoms with van der Waals surface area (Å²) in [6, 6.07) is 29.3. The predicted molar refractivity (Wildman–Crippen MR) is 134 cm³/mol. The van der Waals surface area contributed by atoms with Crippen molar-refractivity contribution < 1.29 is 19.7 Å². The minimum absolute atomic E-state index is 0.00939. The lowest BCUT2D eigenvalue weighted by Crippen LogP contribution is -2.25. The van der Waals surface area contributed by atoms with E-state index in [0.717, 1.165) is 6.07 Å². The summed E-state index contributed by atoms with van der Waals surface area (Å²) in [5, 5.41) is 31.3. The first-order chi connectivity index (χ1) is 16.9. The third-order valence-corrected chi connectivity index (χ3v) is 5.73. The molecule has 3 N–H and O–H groups in total. The van der Waals surface area contributed by atoms with Crippen LogP contribution in [-0.2, 0) is 5.60 Å². The normalized spacial score (nSPS) is 11.1. The highest BCUT2D eigenvalue weighted by Crippen LogP contribution is 2.31. The van der Waals surface area contributed by atoms with Crippen LogP contribution in [0.15, 0.2) is 112 Å². The molecule has 0 atom stereocenters. The van der Waals surface area contributed by atoms with Crippen LogP contribution in [0.25, 0.3) is 22.3 Å². The molecule has 0 amide bonds. The van der Waals surface area contributed by atoms with E-state index in [1.807, 2.05) is 60.7 Å². The zero-order chi connectivity index (χ0) is 24.4. The Morgan fingerprint density at radius 1 is 0.743 bits per heavy atom. The number of fused-ring (bicyclic) bond motifs is 1.